The minimum atomic E-state index is -0.0843. The number of carbonyl (C=O) groups is 1. The number of ether oxygens (including phenoxy) is 1. The van der Waals surface area contributed by atoms with Crippen molar-refractivity contribution in [1.82, 2.24) is 20.3 Å². The Morgan fingerprint density at radius 3 is 2.79 bits per heavy atom. The summed E-state index contributed by atoms with van der Waals surface area (Å²) in [5, 5.41) is 11.4. The first-order valence-electron chi connectivity index (χ1n) is 8.34. The molecule has 130 valence electrons. The summed E-state index contributed by atoms with van der Waals surface area (Å²) in [6, 6.07) is 1.89. The molecule has 0 unspecified atom stereocenters. The largest absolute Gasteiger partial charge is 0.379 e. The first kappa shape index (κ1) is 16.7. The summed E-state index contributed by atoms with van der Waals surface area (Å²) in [5.74, 6) is 0.926. The lowest BCUT2D eigenvalue weighted by molar-refractivity contribution is 0.0923. The van der Waals surface area contributed by atoms with Crippen LogP contribution in [0.15, 0.2) is 10.6 Å². The molecule has 1 amide bonds. The van der Waals surface area contributed by atoms with E-state index in [1.165, 1.54) is 0 Å². The molecule has 0 saturated carbocycles. The molecule has 1 N–H and O–H groups in total. The second kappa shape index (κ2) is 6.76. The fourth-order valence-corrected chi connectivity index (χ4v) is 3.30. The van der Waals surface area contributed by atoms with Gasteiger partial charge in [-0.2, -0.15) is 5.10 Å². The first-order chi connectivity index (χ1) is 11.5. The Bertz CT molecular complexity index is 734. The highest BCUT2D eigenvalue weighted by Crippen LogP contribution is 2.21. The number of hydrogen-bond donors (Lipinski definition) is 1. The van der Waals surface area contributed by atoms with Crippen LogP contribution < -0.4 is 5.32 Å². The Morgan fingerprint density at radius 1 is 1.38 bits per heavy atom. The fourth-order valence-electron chi connectivity index (χ4n) is 3.30. The van der Waals surface area contributed by atoms with Crippen molar-refractivity contribution >= 4 is 5.91 Å². The molecule has 7 heteroatoms. The van der Waals surface area contributed by atoms with E-state index in [4.69, 9.17) is 9.26 Å². The third kappa shape index (κ3) is 3.21. The Kier molecular flexibility index (Phi) is 4.71. The number of aryl methyl sites for hydroxylation is 3. The van der Waals surface area contributed by atoms with Crippen molar-refractivity contribution < 1.29 is 14.1 Å². The standard InChI is InChI=1S/C17H24N4O3/c1-5-21-12(4)16(11(3)19-21)17(22)18-15-9-23-8-13(15)7-14-6-10(2)20-24-14/h6,13,15H,5,7-9H2,1-4H3,(H,18,22)/t13-,15+/m0/s1. The monoisotopic (exact) mass is 332 g/mol. The van der Waals surface area contributed by atoms with Crippen LogP contribution in [-0.4, -0.2) is 40.1 Å². The van der Waals surface area contributed by atoms with E-state index in [1.54, 1.807) is 0 Å². The molecule has 2 aromatic rings. The van der Waals surface area contributed by atoms with E-state index in [0.29, 0.717) is 25.2 Å². The highest BCUT2D eigenvalue weighted by atomic mass is 16.5. The van der Waals surface area contributed by atoms with Crippen LogP contribution in [0.1, 0.15) is 40.1 Å². The zero-order valence-corrected chi connectivity index (χ0v) is 14.6. The van der Waals surface area contributed by atoms with Gasteiger partial charge in [0.2, 0.25) is 0 Å². The zero-order valence-electron chi connectivity index (χ0n) is 14.6. The van der Waals surface area contributed by atoms with Gasteiger partial charge in [0.05, 0.1) is 36.2 Å². The van der Waals surface area contributed by atoms with Gasteiger partial charge in [-0.3, -0.25) is 9.48 Å². The smallest absolute Gasteiger partial charge is 0.255 e. The van der Waals surface area contributed by atoms with Crippen molar-refractivity contribution in [2.45, 2.75) is 46.7 Å². The number of aromatic nitrogens is 3. The molecule has 2 aromatic heterocycles. The lowest BCUT2D eigenvalue weighted by atomic mass is 9.97. The van der Waals surface area contributed by atoms with Gasteiger partial charge in [-0.25, -0.2) is 0 Å². The molecule has 1 aliphatic heterocycles. The maximum atomic E-state index is 12.7. The molecule has 1 fully saturated rings. The molecule has 0 radical (unpaired) electrons. The van der Waals surface area contributed by atoms with Crippen LogP contribution in [-0.2, 0) is 17.7 Å². The summed E-state index contributed by atoms with van der Waals surface area (Å²) in [5.41, 5.74) is 3.18. The second-order valence-corrected chi connectivity index (χ2v) is 6.38. The lowest BCUT2D eigenvalue weighted by Gasteiger charge is -2.18. The molecule has 7 nitrogen and oxygen atoms in total. The quantitative estimate of drug-likeness (QED) is 0.903. The Morgan fingerprint density at radius 2 is 2.17 bits per heavy atom. The first-order valence-corrected chi connectivity index (χ1v) is 8.34. The van der Waals surface area contributed by atoms with Gasteiger partial charge in [0.25, 0.3) is 5.91 Å². The molecule has 0 bridgehead atoms. The predicted molar refractivity (Wildman–Crippen MR) is 87.9 cm³/mol. The van der Waals surface area contributed by atoms with Crippen molar-refractivity contribution in [2.75, 3.05) is 13.2 Å². The van der Waals surface area contributed by atoms with E-state index in [2.05, 4.69) is 15.6 Å². The summed E-state index contributed by atoms with van der Waals surface area (Å²) in [6.07, 6.45) is 0.706. The number of carbonyl (C=O) groups excluding carboxylic acids is 1. The molecule has 3 heterocycles. The molecule has 2 atom stereocenters. The molecule has 3 rings (SSSR count). The number of amides is 1. The molecule has 1 saturated heterocycles. The van der Waals surface area contributed by atoms with Crippen LogP contribution in [0.5, 0.6) is 0 Å². The van der Waals surface area contributed by atoms with Gasteiger partial charge in [0.1, 0.15) is 5.76 Å². The minimum absolute atomic E-state index is 0.0355. The van der Waals surface area contributed by atoms with E-state index in [0.717, 1.165) is 29.4 Å². The Labute approximate surface area is 141 Å². The summed E-state index contributed by atoms with van der Waals surface area (Å²) in [6.45, 7) is 9.59. The van der Waals surface area contributed by atoms with E-state index in [-0.39, 0.29) is 17.9 Å². The third-order valence-corrected chi connectivity index (χ3v) is 4.56. The Hall–Kier alpha value is -2.15. The average molecular weight is 332 g/mol. The topological polar surface area (TPSA) is 82.2 Å². The van der Waals surface area contributed by atoms with Crippen molar-refractivity contribution in [3.63, 3.8) is 0 Å². The highest BCUT2D eigenvalue weighted by molar-refractivity contribution is 5.96. The van der Waals surface area contributed by atoms with Crippen molar-refractivity contribution in [1.29, 1.82) is 0 Å². The van der Waals surface area contributed by atoms with Crippen LogP contribution in [0, 0.1) is 26.7 Å². The number of rotatable bonds is 5. The number of nitrogens with one attached hydrogen (secondary N) is 1. The van der Waals surface area contributed by atoms with Crippen LogP contribution in [0.4, 0.5) is 0 Å². The second-order valence-electron chi connectivity index (χ2n) is 6.38. The average Bonchev–Trinajstić information content (AvgIpc) is 3.21. The van der Waals surface area contributed by atoms with Crippen molar-refractivity contribution in [2.24, 2.45) is 5.92 Å². The summed E-state index contributed by atoms with van der Waals surface area (Å²) in [4.78, 5) is 12.7. The van der Waals surface area contributed by atoms with Crippen molar-refractivity contribution in [3.05, 3.63) is 34.5 Å². The maximum Gasteiger partial charge on any atom is 0.255 e. The van der Waals surface area contributed by atoms with Crippen molar-refractivity contribution in [3.8, 4) is 0 Å². The summed E-state index contributed by atoms with van der Waals surface area (Å²) >= 11 is 0. The van der Waals surface area contributed by atoms with Crippen LogP contribution >= 0.6 is 0 Å². The molecular weight excluding hydrogens is 308 g/mol. The number of hydrogen-bond acceptors (Lipinski definition) is 5. The zero-order chi connectivity index (χ0) is 17.3. The number of nitrogens with zero attached hydrogens (tertiary/aromatic N) is 3. The van der Waals surface area contributed by atoms with E-state index >= 15 is 0 Å². The molecule has 0 spiro atoms. The van der Waals surface area contributed by atoms with Gasteiger partial charge in [-0.05, 0) is 27.7 Å². The van der Waals surface area contributed by atoms with Gasteiger partial charge >= 0.3 is 0 Å². The van der Waals surface area contributed by atoms with Crippen LogP contribution in [0.2, 0.25) is 0 Å². The van der Waals surface area contributed by atoms with Gasteiger partial charge in [0.15, 0.2) is 0 Å². The fraction of sp³-hybridized carbons (Fsp3) is 0.588. The lowest BCUT2D eigenvalue weighted by Crippen LogP contribution is -2.41. The Balaban J connectivity index is 1.70. The van der Waals surface area contributed by atoms with Gasteiger partial charge in [0, 0.05) is 30.6 Å². The summed E-state index contributed by atoms with van der Waals surface area (Å²) in [7, 11) is 0. The predicted octanol–water partition coefficient (Wildman–Crippen LogP) is 1.80. The molecule has 24 heavy (non-hydrogen) atoms. The van der Waals surface area contributed by atoms with Gasteiger partial charge < -0.3 is 14.6 Å². The maximum absolute atomic E-state index is 12.7. The molecular formula is C17H24N4O3. The normalized spacial score (nSPS) is 20.5. The van der Waals surface area contributed by atoms with Gasteiger partial charge in [-0.15, -0.1) is 0 Å². The minimum Gasteiger partial charge on any atom is -0.379 e. The van der Waals surface area contributed by atoms with E-state index in [1.807, 2.05) is 38.4 Å². The van der Waals surface area contributed by atoms with Crippen LogP contribution in [0.3, 0.4) is 0 Å². The third-order valence-electron chi connectivity index (χ3n) is 4.56. The molecule has 0 aliphatic carbocycles. The summed E-state index contributed by atoms with van der Waals surface area (Å²) < 4.78 is 12.7. The SMILES string of the molecule is CCn1nc(C)c(C(=O)N[C@@H]2COC[C@@H]2Cc2cc(C)no2)c1C. The van der Waals surface area contributed by atoms with E-state index in [9.17, 15) is 4.79 Å². The molecule has 1 aliphatic rings. The van der Waals surface area contributed by atoms with Crippen LogP contribution in [0.25, 0.3) is 0 Å². The molecule has 0 aromatic carbocycles. The van der Waals surface area contributed by atoms with E-state index < -0.39 is 0 Å². The highest BCUT2D eigenvalue weighted by Gasteiger charge is 2.32. The van der Waals surface area contributed by atoms with Gasteiger partial charge in [-0.1, -0.05) is 5.16 Å².